The zero-order valence-corrected chi connectivity index (χ0v) is 12.8. The minimum Gasteiger partial charge on any atom is -0.370 e. The highest BCUT2D eigenvalue weighted by Crippen LogP contribution is 2.35. The first-order chi connectivity index (χ1) is 8.93. The van der Waals surface area contributed by atoms with E-state index in [1.165, 1.54) is 0 Å². The summed E-state index contributed by atoms with van der Waals surface area (Å²) in [6, 6.07) is 0. The van der Waals surface area contributed by atoms with Crippen molar-refractivity contribution in [3.05, 3.63) is 11.7 Å². The predicted octanol–water partition coefficient (Wildman–Crippen LogP) is 3.04. The molecule has 2 unspecified atom stereocenters. The van der Waals surface area contributed by atoms with Crippen molar-refractivity contribution in [1.82, 2.24) is 10.1 Å². The lowest BCUT2D eigenvalue weighted by atomic mass is 9.88. The van der Waals surface area contributed by atoms with Crippen LogP contribution < -0.4 is 5.73 Å². The molecule has 0 radical (unpaired) electrons. The molecule has 5 heteroatoms. The molecular weight excluding hydrogens is 242 g/mol. The highest BCUT2D eigenvalue weighted by molar-refractivity contribution is 5.00. The predicted molar refractivity (Wildman–Crippen MR) is 74.8 cm³/mol. The molecule has 0 aliphatic rings. The summed E-state index contributed by atoms with van der Waals surface area (Å²) in [6.07, 6.45) is 1.86. The van der Waals surface area contributed by atoms with Crippen LogP contribution in [0.3, 0.4) is 0 Å². The number of hydrogen-bond acceptors (Lipinski definition) is 5. The molecule has 0 saturated carbocycles. The molecule has 1 heterocycles. The maximum atomic E-state index is 5.76. The standard InChI is InChI=1S/C14H27N3O2/c1-6-8-10(9-15)13-16-12(17-19-13)11(18-7-2)14(3,4)5/h10-11H,6-9,15H2,1-5H3. The molecule has 0 aliphatic heterocycles. The van der Waals surface area contributed by atoms with E-state index < -0.39 is 0 Å². The topological polar surface area (TPSA) is 74.2 Å². The van der Waals surface area contributed by atoms with E-state index in [-0.39, 0.29) is 17.4 Å². The Kier molecular flexibility index (Phi) is 5.94. The summed E-state index contributed by atoms with van der Waals surface area (Å²) in [4.78, 5) is 4.50. The summed E-state index contributed by atoms with van der Waals surface area (Å²) >= 11 is 0. The van der Waals surface area contributed by atoms with Crippen LogP contribution in [0, 0.1) is 5.41 Å². The highest BCUT2D eigenvalue weighted by Gasteiger charge is 2.32. The third-order valence-electron chi connectivity index (χ3n) is 3.08. The van der Waals surface area contributed by atoms with Gasteiger partial charge in [0.25, 0.3) is 0 Å². The zero-order valence-electron chi connectivity index (χ0n) is 12.8. The fraction of sp³-hybridized carbons (Fsp3) is 0.857. The van der Waals surface area contributed by atoms with Gasteiger partial charge >= 0.3 is 0 Å². The van der Waals surface area contributed by atoms with Gasteiger partial charge in [-0.25, -0.2) is 0 Å². The van der Waals surface area contributed by atoms with Gasteiger partial charge in [0, 0.05) is 13.2 Å². The number of rotatable bonds is 7. The minimum absolute atomic E-state index is 0.0693. The first-order valence-electron chi connectivity index (χ1n) is 7.09. The van der Waals surface area contributed by atoms with Crippen molar-refractivity contribution in [2.75, 3.05) is 13.2 Å². The zero-order chi connectivity index (χ0) is 14.5. The molecule has 0 amide bonds. The van der Waals surface area contributed by atoms with Gasteiger partial charge in [-0.3, -0.25) is 0 Å². The highest BCUT2D eigenvalue weighted by atomic mass is 16.5. The van der Waals surface area contributed by atoms with Crippen LogP contribution >= 0.6 is 0 Å². The lowest BCUT2D eigenvalue weighted by molar-refractivity contribution is -0.0203. The van der Waals surface area contributed by atoms with Crippen LogP contribution in [0.25, 0.3) is 0 Å². The first kappa shape index (κ1) is 16.1. The van der Waals surface area contributed by atoms with Crippen LogP contribution in [-0.4, -0.2) is 23.3 Å². The molecule has 5 nitrogen and oxygen atoms in total. The van der Waals surface area contributed by atoms with Crippen LogP contribution in [0.4, 0.5) is 0 Å². The van der Waals surface area contributed by atoms with E-state index in [4.69, 9.17) is 15.0 Å². The average Bonchev–Trinajstić information content (AvgIpc) is 2.80. The molecule has 2 N–H and O–H groups in total. The molecule has 19 heavy (non-hydrogen) atoms. The van der Waals surface area contributed by atoms with Crippen LogP contribution in [0.1, 0.15) is 71.2 Å². The molecule has 2 atom stereocenters. The van der Waals surface area contributed by atoms with Gasteiger partial charge in [-0.2, -0.15) is 4.98 Å². The quantitative estimate of drug-likeness (QED) is 0.823. The van der Waals surface area contributed by atoms with Crippen molar-refractivity contribution in [3.8, 4) is 0 Å². The SMILES string of the molecule is CCCC(CN)c1nc(C(OCC)C(C)(C)C)no1. The fourth-order valence-electron chi connectivity index (χ4n) is 2.09. The van der Waals surface area contributed by atoms with Crippen molar-refractivity contribution in [2.45, 2.75) is 59.5 Å². The molecule has 110 valence electrons. The van der Waals surface area contributed by atoms with Gasteiger partial charge in [0.15, 0.2) is 0 Å². The molecule has 0 saturated heterocycles. The molecule has 0 bridgehead atoms. The molecule has 0 fully saturated rings. The Balaban J connectivity index is 2.92. The fourth-order valence-corrected chi connectivity index (χ4v) is 2.09. The van der Waals surface area contributed by atoms with Crippen molar-refractivity contribution >= 4 is 0 Å². The van der Waals surface area contributed by atoms with E-state index >= 15 is 0 Å². The lowest BCUT2D eigenvalue weighted by Crippen LogP contribution is -2.22. The van der Waals surface area contributed by atoms with Gasteiger partial charge in [0.1, 0.15) is 6.10 Å². The summed E-state index contributed by atoms with van der Waals surface area (Å²) in [6.45, 7) is 11.6. The maximum Gasteiger partial charge on any atom is 0.231 e. The third-order valence-corrected chi connectivity index (χ3v) is 3.08. The Hall–Kier alpha value is -0.940. The van der Waals surface area contributed by atoms with Crippen molar-refractivity contribution < 1.29 is 9.26 Å². The molecule has 0 aromatic carbocycles. The smallest absolute Gasteiger partial charge is 0.231 e. The van der Waals surface area contributed by atoms with Gasteiger partial charge in [-0.1, -0.05) is 39.3 Å². The Morgan fingerprint density at radius 2 is 2.00 bits per heavy atom. The van der Waals surface area contributed by atoms with Gasteiger partial charge in [0.05, 0.1) is 5.92 Å². The normalized spacial score (nSPS) is 15.5. The van der Waals surface area contributed by atoms with Crippen molar-refractivity contribution in [3.63, 3.8) is 0 Å². The van der Waals surface area contributed by atoms with Crippen molar-refractivity contribution in [1.29, 1.82) is 0 Å². The molecule has 1 aromatic rings. The van der Waals surface area contributed by atoms with Crippen LogP contribution in [0.2, 0.25) is 0 Å². The lowest BCUT2D eigenvalue weighted by Gasteiger charge is -2.27. The van der Waals surface area contributed by atoms with E-state index in [9.17, 15) is 0 Å². The Bertz CT molecular complexity index is 371. The van der Waals surface area contributed by atoms with E-state index in [0.717, 1.165) is 12.8 Å². The van der Waals surface area contributed by atoms with E-state index in [1.54, 1.807) is 0 Å². The van der Waals surface area contributed by atoms with Crippen LogP contribution in [0.5, 0.6) is 0 Å². The second-order valence-corrected chi connectivity index (χ2v) is 5.91. The number of nitrogens with zero attached hydrogens (tertiary/aromatic N) is 2. The monoisotopic (exact) mass is 269 g/mol. The largest absolute Gasteiger partial charge is 0.370 e. The molecular formula is C14H27N3O2. The second-order valence-electron chi connectivity index (χ2n) is 5.91. The van der Waals surface area contributed by atoms with Gasteiger partial charge in [0.2, 0.25) is 11.7 Å². The summed E-state index contributed by atoms with van der Waals surface area (Å²) in [5.74, 6) is 1.40. The number of hydrogen-bond donors (Lipinski definition) is 1. The summed E-state index contributed by atoms with van der Waals surface area (Å²) in [5.41, 5.74) is 5.69. The van der Waals surface area contributed by atoms with Crippen LogP contribution in [-0.2, 0) is 4.74 Å². The number of aromatic nitrogens is 2. The summed E-state index contributed by atoms with van der Waals surface area (Å²) < 4.78 is 11.1. The Morgan fingerprint density at radius 3 is 2.47 bits per heavy atom. The van der Waals surface area contributed by atoms with E-state index in [0.29, 0.717) is 24.9 Å². The maximum absolute atomic E-state index is 5.76. The molecule has 1 aromatic heterocycles. The van der Waals surface area contributed by atoms with Crippen LogP contribution in [0.15, 0.2) is 4.52 Å². The third kappa shape index (κ3) is 4.28. The Morgan fingerprint density at radius 1 is 1.32 bits per heavy atom. The molecule has 0 aliphatic carbocycles. The second kappa shape index (κ2) is 7.01. The van der Waals surface area contributed by atoms with E-state index in [2.05, 4.69) is 37.8 Å². The Labute approximate surface area is 115 Å². The number of ether oxygens (including phenoxy) is 1. The minimum atomic E-state index is -0.157. The van der Waals surface area contributed by atoms with Crippen molar-refractivity contribution in [2.24, 2.45) is 11.1 Å². The van der Waals surface area contributed by atoms with Gasteiger partial charge in [-0.15, -0.1) is 0 Å². The molecule has 0 spiro atoms. The van der Waals surface area contributed by atoms with Gasteiger partial charge in [-0.05, 0) is 18.8 Å². The summed E-state index contributed by atoms with van der Waals surface area (Å²) in [5, 5.41) is 4.09. The average molecular weight is 269 g/mol. The number of nitrogens with two attached hydrogens (primary N) is 1. The summed E-state index contributed by atoms with van der Waals surface area (Å²) in [7, 11) is 0. The van der Waals surface area contributed by atoms with Gasteiger partial charge < -0.3 is 15.0 Å². The first-order valence-corrected chi connectivity index (χ1v) is 7.09. The molecule has 1 rings (SSSR count). The van der Waals surface area contributed by atoms with E-state index in [1.807, 2.05) is 6.92 Å².